The second-order valence-corrected chi connectivity index (χ2v) is 8.40. The van der Waals surface area contributed by atoms with Crippen LogP contribution in [0.3, 0.4) is 0 Å². The molecule has 1 N–H and O–H groups in total. The third kappa shape index (κ3) is 4.53. The van der Waals surface area contributed by atoms with Crippen molar-refractivity contribution >= 4 is 29.1 Å². The van der Waals surface area contributed by atoms with Gasteiger partial charge in [-0.3, -0.25) is 19.3 Å². The number of fused-ring (bicyclic) bond motifs is 1. The number of carbonyl (C=O) groups is 3. The molecule has 168 valence electrons. The lowest BCUT2D eigenvalue weighted by molar-refractivity contribution is -0.116. The van der Waals surface area contributed by atoms with E-state index in [9.17, 15) is 14.4 Å². The van der Waals surface area contributed by atoms with Crippen molar-refractivity contribution in [1.29, 1.82) is 0 Å². The topological polar surface area (TPSA) is 73.0 Å². The standard InChI is InChI=1S/C25H30N4O3/c1-3-27-13-15-28(16-14-27)22-8-5-4-7-21(22)26-23(30)9-6-12-29-24(31)19-11-10-18(2)17-20(19)25(29)32/h4-5,7-8,10-11,17H,3,6,9,12-16H2,1-2H3,(H,26,30). The first kappa shape index (κ1) is 22.0. The predicted octanol–water partition coefficient (Wildman–Crippen LogP) is 3.15. The van der Waals surface area contributed by atoms with Gasteiger partial charge in [0.2, 0.25) is 5.91 Å². The van der Waals surface area contributed by atoms with Gasteiger partial charge in [-0.25, -0.2) is 0 Å². The number of aryl methyl sites for hydroxylation is 1. The van der Waals surface area contributed by atoms with E-state index >= 15 is 0 Å². The number of hydrogen-bond acceptors (Lipinski definition) is 5. The van der Waals surface area contributed by atoms with Crippen LogP contribution in [0.25, 0.3) is 0 Å². The van der Waals surface area contributed by atoms with Crippen LogP contribution in [0.5, 0.6) is 0 Å². The van der Waals surface area contributed by atoms with Crippen LogP contribution in [-0.4, -0.2) is 66.8 Å². The van der Waals surface area contributed by atoms with Crippen LogP contribution >= 0.6 is 0 Å². The van der Waals surface area contributed by atoms with E-state index in [4.69, 9.17) is 0 Å². The Balaban J connectivity index is 1.32. The summed E-state index contributed by atoms with van der Waals surface area (Å²) in [6.45, 7) is 9.24. The first-order valence-electron chi connectivity index (χ1n) is 11.3. The van der Waals surface area contributed by atoms with Crippen LogP contribution in [0.15, 0.2) is 42.5 Å². The number of nitrogens with one attached hydrogen (secondary N) is 1. The van der Waals surface area contributed by atoms with Gasteiger partial charge in [-0.2, -0.15) is 0 Å². The van der Waals surface area contributed by atoms with Crippen LogP contribution in [0, 0.1) is 6.92 Å². The molecule has 2 aromatic carbocycles. The van der Waals surface area contributed by atoms with E-state index in [2.05, 4.69) is 22.0 Å². The van der Waals surface area contributed by atoms with Crippen LogP contribution in [0.1, 0.15) is 46.0 Å². The Labute approximate surface area is 189 Å². The fourth-order valence-corrected chi connectivity index (χ4v) is 4.38. The van der Waals surface area contributed by atoms with E-state index in [0.29, 0.717) is 17.5 Å². The second kappa shape index (κ2) is 9.53. The molecule has 1 fully saturated rings. The predicted molar refractivity (Wildman–Crippen MR) is 125 cm³/mol. The largest absolute Gasteiger partial charge is 0.367 e. The number of likely N-dealkylation sites (N-methyl/N-ethyl adjacent to an activating group) is 1. The average molecular weight is 435 g/mol. The van der Waals surface area contributed by atoms with E-state index in [0.717, 1.165) is 49.7 Å². The van der Waals surface area contributed by atoms with Crippen LogP contribution in [0.4, 0.5) is 11.4 Å². The summed E-state index contributed by atoms with van der Waals surface area (Å²) in [4.78, 5) is 43.7. The molecule has 4 rings (SSSR count). The molecule has 32 heavy (non-hydrogen) atoms. The van der Waals surface area contributed by atoms with Gasteiger partial charge in [0.1, 0.15) is 0 Å². The Kier molecular flexibility index (Phi) is 6.55. The highest BCUT2D eigenvalue weighted by Crippen LogP contribution is 2.27. The molecule has 0 saturated carbocycles. The molecule has 1 saturated heterocycles. The van der Waals surface area contributed by atoms with Crippen molar-refractivity contribution in [3.05, 3.63) is 59.2 Å². The zero-order chi connectivity index (χ0) is 22.7. The Morgan fingerprint density at radius 1 is 0.969 bits per heavy atom. The minimum Gasteiger partial charge on any atom is -0.367 e. The monoisotopic (exact) mass is 434 g/mol. The van der Waals surface area contributed by atoms with Gasteiger partial charge in [0.25, 0.3) is 11.8 Å². The smallest absolute Gasteiger partial charge is 0.261 e. The first-order chi connectivity index (χ1) is 15.5. The van der Waals surface area contributed by atoms with Crippen molar-refractivity contribution in [2.75, 3.05) is 49.5 Å². The lowest BCUT2D eigenvalue weighted by Gasteiger charge is -2.36. The Morgan fingerprint density at radius 2 is 1.69 bits per heavy atom. The van der Waals surface area contributed by atoms with E-state index in [1.807, 2.05) is 37.3 Å². The van der Waals surface area contributed by atoms with E-state index in [-0.39, 0.29) is 30.7 Å². The number of para-hydroxylation sites is 2. The third-order valence-electron chi connectivity index (χ3n) is 6.25. The highest BCUT2D eigenvalue weighted by Gasteiger charge is 2.35. The summed E-state index contributed by atoms with van der Waals surface area (Å²) in [6, 6.07) is 13.2. The van der Waals surface area contributed by atoms with Crippen LogP contribution in [-0.2, 0) is 4.79 Å². The van der Waals surface area contributed by atoms with E-state index < -0.39 is 0 Å². The first-order valence-corrected chi connectivity index (χ1v) is 11.3. The fraction of sp³-hybridized carbons (Fsp3) is 0.400. The van der Waals surface area contributed by atoms with Gasteiger partial charge < -0.3 is 15.1 Å². The number of benzene rings is 2. The molecule has 2 aliphatic rings. The fourth-order valence-electron chi connectivity index (χ4n) is 4.38. The number of carbonyl (C=O) groups excluding carboxylic acids is 3. The van der Waals surface area contributed by atoms with Gasteiger partial charge in [-0.1, -0.05) is 30.7 Å². The summed E-state index contributed by atoms with van der Waals surface area (Å²) in [6.07, 6.45) is 0.665. The lowest BCUT2D eigenvalue weighted by Crippen LogP contribution is -2.46. The lowest BCUT2D eigenvalue weighted by atomic mass is 10.1. The minimum atomic E-state index is -0.276. The van der Waals surface area contributed by atoms with E-state index in [1.165, 1.54) is 4.90 Å². The Hall–Kier alpha value is -3.19. The summed E-state index contributed by atoms with van der Waals surface area (Å²) < 4.78 is 0. The zero-order valence-electron chi connectivity index (χ0n) is 18.8. The second-order valence-electron chi connectivity index (χ2n) is 8.40. The molecule has 0 aromatic heterocycles. The maximum absolute atomic E-state index is 12.6. The molecule has 0 spiro atoms. The highest BCUT2D eigenvalue weighted by molar-refractivity contribution is 6.21. The van der Waals surface area contributed by atoms with Gasteiger partial charge in [-0.15, -0.1) is 0 Å². The number of hydrogen-bond donors (Lipinski definition) is 1. The molecule has 0 bridgehead atoms. The number of amides is 3. The molecule has 7 nitrogen and oxygen atoms in total. The number of anilines is 2. The highest BCUT2D eigenvalue weighted by atomic mass is 16.2. The summed E-state index contributed by atoms with van der Waals surface area (Å²) >= 11 is 0. The number of rotatable bonds is 7. The van der Waals surface area contributed by atoms with Crippen molar-refractivity contribution in [3.8, 4) is 0 Å². The van der Waals surface area contributed by atoms with Crippen molar-refractivity contribution in [2.45, 2.75) is 26.7 Å². The van der Waals surface area contributed by atoms with Crippen molar-refractivity contribution in [1.82, 2.24) is 9.80 Å². The molecule has 0 radical (unpaired) electrons. The molecule has 0 unspecified atom stereocenters. The SMILES string of the molecule is CCN1CCN(c2ccccc2NC(=O)CCCN2C(=O)c3ccc(C)cc3C2=O)CC1. The van der Waals surface area contributed by atoms with Gasteiger partial charge in [0, 0.05) is 39.1 Å². The summed E-state index contributed by atoms with van der Waals surface area (Å²) in [7, 11) is 0. The Bertz CT molecular complexity index is 1030. The maximum Gasteiger partial charge on any atom is 0.261 e. The molecule has 2 heterocycles. The van der Waals surface area contributed by atoms with Gasteiger partial charge in [-0.05, 0) is 44.2 Å². The number of nitrogens with zero attached hydrogens (tertiary/aromatic N) is 3. The Morgan fingerprint density at radius 3 is 2.44 bits per heavy atom. The number of piperazine rings is 1. The normalized spacial score (nSPS) is 16.4. The third-order valence-corrected chi connectivity index (χ3v) is 6.25. The van der Waals surface area contributed by atoms with E-state index in [1.54, 1.807) is 12.1 Å². The summed E-state index contributed by atoms with van der Waals surface area (Å²) in [5.74, 6) is -0.662. The molecule has 2 aliphatic heterocycles. The van der Waals surface area contributed by atoms with Crippen molar-refractivity contribution in [3.63, 3.8) is 0 Å². The molecular weight excluding hydrogens is 404 g/mol. The summed E-state index contributed by atoms with van der Waals surface area (Å²) in [5, 5.41) is 3.02. The van der Waals surface area contributed by atoms with Gasteiger partial charge in [0.05, 0.1) is 22.5 Å². The molecule has 7 heteroatoms. The molecule has 3 amide bonds. The minimum absolute atomic E-state index is 0.114. The average Bonchev–Trinajstić information content (AvgIpc) is 3.03. The van der Waals surface area contributed by atoms with Crippen molar-refractivity contribution in [2.24, 2.45) is 0 Å². The number of imide groups is 1. The van der Waals surface area contributed by atoms with Crippen molar-refractivity contribution < 1.29 is 14.4 Å². The molecular formula is C25H30N4O3. The quantitative estimate of drug-likeness (QED) is 0.678. The molecule has 0 atom stereocenters. The van der Waals surface area contributed by atoms with Crippen LogP contribution in [0.2, 0.25) is 0 Å². The molecule has 0 aliphatic carbocycles. The maximum atomic E-state index is 12.6. The molecule has 2 aromatic rings. The van der Waals surface area contributed by atoms with Crippen LogP contribution < -0.4 is 10.2 Å². The summed E-state index contributed by atoms with van der Waals surface area (Å²) in [5.41, 5.74) is 3.69. The zero-order valence-corrected chi connectivity index (χ0v) is 18.8. The van der Waals surface area contributed by atoms with Gasteiger partial charge >= 0.3 is 0 Å². The van der Waals surface area contributed by atoms with Gasteiger partial charge in [0.15, 0.2) is 0 Å².